The number of esters is 1. The lowest BCUT2D eigenvalue weighted by Gasteiger charge is -2.39. The summed E-state index contributed by atoms with van der Waals surface area (Å²) >= 11 is 0. The number of benzene rings is 2. The third-order valence-corrected chi connectivity index (χ3v) is 9.27. The van der Waals surface area contributed by atoms with E-state index in [-0.39, 0.29) is 24.1 Å². The van der Waals surface area contributed by atoms with Crippen molar-refractivity contribution in [2.45, 2.75) is 82.7 Å². The maximum absolute atomic E-state index is 14.9. The zero-order valence-electron chi connectivity index (χ0n) is 26.4. The minimum atomic E-state index is -4.93. The van der Waals surface area contributed by atoms with Gasteiger partial charge in [-0.05, 0) is 68.4 Å². The van der Waals surface area contributed by atoms with Crippen LogP contribution in [0.4, 0.5) is 13.2 Å². The summed E-state index contributed by atoms with van der Waals surface area (Å²) in [6, 6.07) is 12.0. The molecule has 5 rings (SSSR count). The largest absolute Gasteiger partial charge is 0.493 e. The highest BCUT2D eigenvalue weighted by atomic mass is 19.4. The van der Waals surface area contributed by atoms with E-state index in [0.29, 0.717) is 78.5 Å². The second-order valence-electron chi connectivity index (χ2n) is 12.5. The molecule has 0 bridgehead atoms. The van der Waals surface area contributed by atoms with Crippen molar-refractivity contribution in [2.24, 2.45) is 5.92 Å². The van der Waals surface area contributed by atoms with Gasteiger partial charge in [-0.25, -0.2) is 0 Å². The number of methoxy groups -OCH3 is 1. The minimum Gasteiger partial charge on any atom is -0.493 e. The summed E-state index contributed by atoms with van der Waals surface area (Å²) in [5, 5.41) is 21.4. The zero-order chi connectivity index (χ0) is 32.9. The van der Waals surface area contributed by atoms with E-state index in [1.54, 1.807) is 36.1 Å². The predicted octanol–water partition coefficient (Wildman–Crippen LogP) is 6.50. The highest BCUT2D eigenvalue weighted by molar-refractivity contribution is 5.86. The van der Waals surface area contributed by atoms with Crippen molar-refractivity contribution in [2.75, 3.05) is 33.4 Å². The topological polar surface area (TPSA) is 97.0 Å². The average molecular weight is 642 g/mol. The summed E-state index contributed by atoms with van der Waals surface area (Å²) < 4.78 is 63.1. The fourth-order valence-corrected chi connectivity index (χ4v) is 6.80. The van der Waals surface area contributed by atoms with Gasteiger partial charge in [0.15, 0.2) is 11.5 Å². The van der Waals surface area contributed by atoms with E-state index in [4.69, 9.17) is 14.2 Å². The Bertz CT molecular complexity index is 1550. The number of carbonyl (C=O) groups excluding carboxylic acids is 1. The molecule has 0 radical (unpaired) electrons. The van der Waals surface area contributed by atoms with Crippen LogP contribution in [-0.2, 0) is 28.1 Å². The fraction of sp³-hybridized carbons (Fsp3) is 0.543. The molecule has 11 heteroatoms. The Kier molecular flexibility index (Phi) is 10.5. The van der Waals surface area contributed by atoms with E-state index in [2.05, 4.69) is 6.07 Å². The van der Waals surface area contributed by atoms with Crippen LogP contribution in [0.25, 0.3) is 10.9 Å². The molecular formula is C35H42F3N3O5. The monoisotopic (exact) mass is 641 g/mol. The molecule has 1 saturated heterocycles. The summed E-state index contributed by atoms with van der Waals surface area (Å²) in [4.78, 5) is 13.5. The van der Waals surface area contributed by atoms with E-state index in [0.717, 1.165) is 25.7 Å². The first-order valence-corrected chi connectivity index (χ1v) is 16.1. The molecule has 0 amide bonds. The summed E-state index contributed by atoms with van der Waals surface area (Å²) in [7, 11) is 1.50. The van der Waals surface area contributed by atoms with Crippen LogP contribution in [0.3, 0.4) is 0 Å². The summed E-state index contributed by atoms with van der Waals surface area (Å²) in [6.45, 7) is 2.57. The first kappa shape index (κ1) is 33.6. The van der Waals surface area contributed by atoms with Crippen molar-refractivity contribution in [1.29, 1.82) is 5.26 Å². The normalized spacial score (nSPS) is 18.2. The molecule has 46 heavy (non-hydrogen) atoms. The van der Waals surface area contributed by atoms with Gasteiger partial charge in [0.2, 0.25) is 5.60 Å². The van der Waals surface area contributed by atoms with Crippen LogP contribution in [0.2, 0.25) is 0 Å². The lowest BCUT2D eigenvalue weighted by molar-refractivity contribution is -0.272. The van der Waals surface area contributed by atoms with Gasteiger partial charge in [-0.3, -0.25) is 9.69 Å². The Morgan fingerprint density at radius 1 is 1.04 bits per heavy atom. The number of rotatable bonds is 11. The third-order valence-electron chi connectivity index (χ3n) is 9.27. The number of halogens is 3. The molecule has 1 unspecified atom stereocenters. The van der Waals surface area contributed by atoms with Crippen molar-refractivity contribution in [3.05, 3.63) is 59.3 Å². The number of fused-ring (bicyclic) bond motifs is 1. The number of piperidine rings is 1. The van der Waals surface area contributed by atoms with E-state index in [1.807, 2.05) is 4.57 Å². The Morgan fingerprint density at radius 2 is 1.78 bits per heavy atom. The third kappa shape index (κ3) is 7.45. The average Bonchev–Trinajstić information content (AvgIpc) is 3.40. The Hall–Kier alpha value is -3.75. The molecule has 1 aromatic heterocycles. The smallest absolute Gasteiger partial charge is 0.422 e. The SMILES string of the molecule is CCOC(=O)Cc1ccc(OC2CCN(CC(O)(c3cn(CC4CCCCC4)c4cc(C#N)ccc34)C(F)(F)F)CC2)c(OC)c1. The number of alkyl halides is 3. The molecule has 1 atom stereocenters. The standard InChI is InChI=1S/C35H42F3N3O5/c1-3-45-33(42)19-25-10-12-31(32(18-25)44-2)46-27-13-15-40(16-14-27)23-34(43,35(36,37)38)29-22-41(21-24-7-5-4-6-8-24)30-17-26(20-39)9-11-28(29)30/h9-12,17-18,22,24,27,43H,3-8,13-16,19,21,23H2,1-2H3. The molecule has 1 aliphatic heterocycles. The molecule has 2 fully saturated rings. The van der Waals surface area contributed by atoms with E-state index >= 15 is 0 Å². The number of likely N-dealkylation sites (tertiary alicyclic amines) is 1. The van der Waals surface area contributed by atoms with Gasteiger partial charge in [-0.1, -0.05) is 31.4 Å². The number of ether oxygens (including phenoxy) is 3. The predicted molar refractivity (Wildman–Crippen MR) is 167 cm³/mol. The number of nitriles is 1. The van der Waals surface area contributed by atoms with Crippen molar-refractivity contribution in [3.8, 4) is 17.6 Å². The first-order chi connectivity index (χ1) is 22.0. The number of nitrogens with zero attached hydrogens (tertiary/aromatic N) is 3. The zero-order valence-corrected chi connectivity index (χ0v) is 26.4. The molecule has 3 aromatic rings. The van der Waals surface area contributed by atoms with E-state index in [1.165, 1.54) is 31.9 Å². The lowest BCUT2D eigenvalue weighted by Crippen LogP contribution is -2.53. The maximum Gasteiger partial charge on any atom is 0.422 e. The fourth-order valence-electron chi connectivity index (χ4n) is 6.80. The van der Waals surface area contributed by atoms with Crippen LogP contribution < -0.4 is 9.47 Å². The van der Waals surface area contributed by atoms with Gasteiger partial charge < -0.3 is 23.9 Å². The first-order valence-electron chi connectivity index (χ1n) is 16.1. The number of carbonyl (C=O) groups is 1. The van der Waals surface area contributed by atoms with E-state index in [9.17, 15) is 28.3 Å². The molecule has 1 saturated carbocycles. The van der Waals surface area contributed by atoms with Crippen LogP contribution in [0.1, 0.15) is 68.6 Å². The summed E-state index contributed by atoms with van der Waals surface area (Å²) in [5.74, 6) is 0.946. The Labute approximate surface area is 267 Å². The quantitative estimate of drug-likeness (QED) is 0.239. The van der Waals surface area contributed by atoms with Gasteiger partial charge in [0, 0.05) is 48.8 Å². The van der Waals surface area contributed by atoms with Crippen molar-refractivity contribution >= 4 is 16.9 Å². The van der Waals surface area contributed by atoms with E-state index < -0.39 is 18.3 Å². The number of aromatic nitrogens is 1. The molecule has 2 aromatic carbocycles. The minimum absolute atomic E-state index is 0.101. The number of hydrogen-bond acceptors (Lipinski definition) is 7. The second kappa shape index (κ2) is 14.3. The maximum atomic E-state index is 14.9. The van der Waals surface area contributed by atoms with Crippen LogP contribution in [-0.4, -0.2) is 66.2 Å². The van der Waals surface area contributed by atoms with Crippen molar-refractivity contribution < 1.29 is 37.3 Å². The van der Waals surface area contributed by atoms with Crippen LogP contribution in [0, 0.1) is 17.2 Å². The number of β-amino-alcohol motifs (C(OH)–C–C–N with tert-alkyl or cyclic N) is 1. The van der Waals surface area contributed by atoms with Crippen molar-refractivity contribution in [1.82, 2.24) is 9.47 Å². The van der Waals surface area contributed by atoms with Gasteiger partial charge in [0.25, 0.3) is 0 Å². The highest BCUT2D eigenvalue weighted by Gasteiger charge is 2.57. The van der Waals surface area contributed by atoms with Crippen LogP contribution >= 0.6 is 0 Å². The Morgan fingerprint density at radius 3 is 2.43 bits per heavy atom. The molecule has 0 spiro atoms. The Balaban J connectivity index is 1.31. The van der Waals surface area contributed by atoms with Crippen molar-refractivity contribution in [3.63, 3.8) is 0 Å². The molecule has 1 N–H and O–H groups in total. The molecular weight excluding hydrogens is 599 g/mol. The van der Waals surface area contributed by atoms with Gasteiger partial charge in [-0.2, -0.15) is 18.4 Å². The molecule has 8 nitrogen and oxygen atoms in total. The van der Waals surface area contributed by atoms with Gasteiger partial charge >= 0.3 is 12.1 Å². The summed E-state index contributed by atoms with van der Waals surface area (Å²) in [5.41, 5.74) is -1.67. The molecule has 248 valence electrons. The summed E-state index contributed by atoms with van der Waals surface area (Å²) in [6.07, 6.45) is 2.66. The lowest BCUT2D eigenvalue weighted by atomic mass is 9.89. The van der Waals surface area contributed by atoms with Gasteiger partial charge in [-0.15, -0.1) is 0 Å². The van der Waals surface area contributed by atoms with Crippen LogP contribution in [0.15, 0.2) is 42.6 Å². The second-order valence-corrected chi connectivity index (χ2v) is 12.5. The number of hydrogen-bond donors (Lipinski definition) is 1. The van der Waals surface area contributed by atoms with Gasteiger partial charge in [0.05, 0.1) is 31.8 Å². The van der Waals surface area contributed by atoms with Gasteiger partial charge in [0.1, 0.15) is 6.10 Å². The molecule has 2 heterocycles. The van der Waals surface area contributed by atoms with Crippen LogP contribution in [0.5, 0.6) is 11.5 Å². The molecule has 1 aliphatic carbocycles. The highest BCUT2D eigenvalue weighted by Crippen LogP contribution is 2.44. The number of aliphatic hydroxyl groups is 1. The molecule has 2 aliphatic rings.